The van der Waals surface area contributed by atoms with Crippen LogP contribution in [-0.4, -0.2) is 75.7 Å². The van der Waals surface area contributed by atoms with Gasteiger partial charge >= 0.3 is 5.97 Å². The number of hydrogen-bond acceptors (Lipinski definition) is 5. The Morgan fingerprint density at radius 3 is 2.56 bits per heavy atom. The average Bonchev–Trinajstić information content (AvgIpc) is 2.31. The Bertz CT molecular complexity index is 203. The zero-order chi connectivity index (χ0) is 11.8. The van der Waals surface area contributed by atoms with Crippen molar-refractivity contribution in [3.8, 4) is 0 Å². The van der Waals surface area contributed by atoms with E-state index in [0.29, 0.717) is 13.0 Å². The second-order valence-electron chi connectivity index (χ2n) is 4.22. The Kier molecular flexibility index (Phi) is 6.37. The molecule has 0 bridgehead atoms. The summed E-state index contributed by atoms with van der Waals surface area (Å²) < 4.78 is 4.56. The molecule has 0 atom stereocenters. The van der Waals surface area contributed by atoms with Crippen LogP contribution in [0.3, 0.4) is 0 Å². The first-order valence-electron chi connectivity index (χ1n) is 5.91. The predicted octanol–water partition coefficient (Wildman–Crippen LogP) is -0.613. The Morgan fingerprint density at radius 2 is 1.94 bits per heavy atom. The third-order valence-electron chi connectivity index (χ3n) is 2.93. The van der Waals surface area contributed by atoms with E-state index in [0.717, 1.165) is 39.3 Å². The van der Waals surface area contributed by atoms with Crippen molar-refractivity contribution < 1.29 is 9.53 Å². The average molecular weight is 229 g/mol. The topological polar surface area (TPSA) is 44.8 Å². The standard InChI is InChI=1S/C11H23N3O2/c1-13-7-9-14(10-8-13)6-5-12-4-3-11(15)16-2/h12H,3-10H2,1-2H3. The Morgan fingerprint density at radius 1 is 1.25 bits per heavy atom. The van der Waals surface area contributed by atoms with Crippen molar-refractivity contribution in [2.45, 2.75) is 6.42 Å². The van der Waals surface area contributed by atoms with Crippen molar-refractivity contribution in [2.75, 3.05) is 60.0 Å². The van der Waals surface area contributed by atoms with E-state index in [-0.39, 0.29) is 5.97 Å². The maximum atomic E-state index is 10.8. The molecular weight excluding hydrogens is 206 g/mol. The number of carbonyl (C=O) groups excluding carboxylic acids is 1. The summed E-state index contributed by atoms with van der Waals surface area (Å²) in [5.74, 6) is -0.146. The minimum Gasteiger partial charge on any atom is -0.469 e. The fraction of sp³-hybridized carbons (Fsp3) is 0.909. The third kappa shape index (κ3) is 5.44. The van der Waals surface area contributed by atoms with E-state index in [1.165, 1.54) is 7.11 Å². The first kappa shape index (κ1) is 13.4. The van der Waals surface area contributed by atoms with E-state index in [2.05, 4.69) is 26.9 Å². The first-order chi connectivity index (χ1) is 7.72. The van der Waals surface area contributed by atoms with Crippen molar-refractivity contribution >= 4 is 5.97 Å². The smallest absolute Gasteiger partial charge is 0.306 e. The Hall–Kier alpha value is -0.650. The molecule has 0 aromatic rings. The number of rotatable bonds is 6. The molecule has 1 aliphatic heterocycles. The predicted molar refractivity (Wildman–Crippen MR) is 63.4 cm³/mol. The molecule has 0 unspecified atom stereocenters. The van der Waals surface area contributed by atoms with Crippen molar-refractivity contribution in [2.24, 2.45) is 0 Å². The van der Waals surface area contributed by atoms with Crippen LogP contribution in [0.1, 0.15) is 6.42 Å². The largest absolute Gasteiger partial charge is 0.469 e. The van der Waals surface area contributed by atoms with Gasteiger partial charge in [-0.3, -0.25) is 9.69 Å². The highest BCUT2D eigenvalue weighted by Crippen LogP contribution is 1.97. The first-order valence-corrected chi connectivity index (χ1v) is 5.91. The number of likely N-dealkylation sites (N-methyl/N-ethyl adjacent to an activating group) is 1. The molecule has 16 heavy (non-hydrogen) atoms. The van der Waals surface area contributed by atoms with Gasteiger partial charge in [0, 0.05) is 45.8 Å². The van der Waals surface area contributed by atoms with Gasteiger partial charge in [0.15, 0.2) is 0 Å². The lowest BCUT2D eigenvalue weighted by molar-refractivity contribution is -0.140. The SMILES string of the molecule is COC(=O)CCNCCN1CCN(C)CC1. The molecule has 0 aliphatic carbocycles. The van der Waals surface area contributed by atoms with Crippen LogP contribution in [-0.2, 0) is 9.53 Å². The molecule has 0 radical (unpaired) electrons. The highest BCUT2D eigenvalue weighted by Gasteiger charge is 2.12. The van der Waals surface area contributed by atoms with E-state index in [4.69, 9.17) is 0 Å². The van der Waals surface area contributed by atoms with Crippen molar-refractivity contribution in [1.82, 2.24) is 15.1 Å². The summed E-state index contributed by atoms with van der Waals surface area (Å²) in [5.41, 5.74) is 0. The van der Waals surface area contributed by atoms with E-state index in [9.17, 15) is 4.79 Å². The zero-order valence-corrected chi connectivity index (χ0v) is 10.4. The molecule has 0 aromatic heterocycles. The summed E-state index contributed by atoms with van der Waals surface area (Å²) in [4.78, 5) is 15.6. The number of methoxy groups -OCH3 is 1. The van der Waals surface area contributed by atoms with Gasteiger partial charge in [-0.25, -0.2) is 0 Å². The van der Waals surface area contributed by atoms with E-state index >= 15 is 0 Å². The maximum absolute atomic E-state index is 10.8. The fourth-order valence-corrected chi connectivity index (χ4v) is 1.73. The minimum atomic E-state index is -0.146. The molecule has 0 saturated carbocycles. The lowest BCUT2D eigenvalue weighted by Crippen LogP contribution is -2.46. The van der Waals surface area contributed by atoms with Gasteiger partial charge in [-0.1, -0.05) is 0 Å². The van der Waals surface area contributed by atoms with Gasteiger partial charge in [-0.15, -0.1) is 0 Å². The lowest BCUT2D eigenvalue weighted by atomic mass is 10.3. The van der Waals surface area contributed by atoms with Crippen LogP contribution in [0.5, 0.6) is 0 Å². The summed E-state index contributed by atoms with van der Waals surface area (Å²) in [6, 6.07) is 0. The number of nitrogens with one attached hydrogen (secondary N) is 1. The molecule has 1 N–H and O–H groups in total. The van der Waals surface area contributed by atoms with E-state index in [1.807, 2.05) is 0 Å². The summed E-state index contributed by atoms with van der Waals surface area (Å²) >= 11 is 0. The monoisotopic (exact) mass is 229 g/mol. The number of ether oxygens (including phenoxy) is 1. The summed E-state index contributed by atoms with van der Waals surface area (Å²) in [6.45, 7) is 7.32. The molecule has 1 fully saturated rings. The number of nitrogens with zero attached hydrogens (tertiary/aromatic N) is 2. The van der Waals surface area contributed by atoms with Crippen LogP contribution in [0.25, 0.3) is 0 Å². The lowest BCUT2D eigenvalue weighted by Gasteiger charge is -2.32. The molecular formula is C11H23N3O2. The van der Waals surface area contributed by atoms with Gasteiger partial charge in [0.05, 0.1) is 13.5 Å². The van der Waals surface area contributed by atoms with Gasteiger partial charge in [-0.05, 0) is 7.05 Å². The van der Waals surface area contributed by atoms with Crippen LogP contribution >= 0.6 is 0 Å². The van der Waals surface area contributed by atoms with Crippen LogP contribution in [0.2, 0.25) is 0 Å². The maximum Gasteiger partial charge on any atom is 0.306 e. The molecule has 1 heterocycles. The molecule has 1 saturated heterocycles. The number of carbonyl (C=O) groups is 1. The second-order valence-corrected chi connectivity index (χ2v) is 4.22. The minimum absolute atomic E-state index is 0.146. The highest BCUT2D eigenvalue weighted by molar-refractivity contribution is 5.69. The number of piperazine rings is 1. The molecule has 1 aliphatic rings. The molecule has 0 aromatic carbocycles. The van der Waals surface area contributed by atoms with Crippen LogP contribution in [0.4, 0.5) is 0 Å². The molecule has 5 heteroatoms. The van der Waals surface area contributed by atoms with Gasteiger partial charge in [0.25, 0.3) is 0 Å². The van der Waals surface area contributed by atoms with E-state index in [1.54, 1.807) is 0 Å². The molecule has 0 spiro atoms. The van der Waals surface area contributed by atoms with Gasteiger partial charge in [0.2, 0.25) is 0 Å². The van der Waals surface area contributed by atoms with Crippen molar-refractivity contribution in [1.29, 1.82) is 0 Å². The highest BCUT2D eigenvalue weighted by atomic mass is 16.5. The van der Waals surface area contributed by atoms with Gasteiger partial charge in [0.1, 0.15) is 0 Å². The second kappa shape index (κ2) is 7.60. The van der Waals surface area contributed by atoms with Crippen LogP contribution < -0.4 is 5.32 Å². The molecule has 94 valence electrons. The van der Waals surface area contributed by atoms with Crippen LogP contribution in [0.15, 0.2) is 0 Å². The van der Waals surface area contributed by atoms with Gasteiger partial charge in [-0.2, -0.15) is 0 Å². The number of esters is 1. The Labute approximate surface area is 97.7 Å². The van der Waals surface area contributed by atoms with Crippen LogP contribution in [0, 0.1) is 0 Å². The molecule has 5 nitrogen and oxygen atoms in total. The van der Waals surface area contributed by atoms with E-state index < -0.39 is 0 Å². The van der Waals surface area contributed by atoms with Crippen molar-refractivity contribution in [3.63, 3.8) is 0 Å². The van der Waals surface area contributed by atoms with Crippen molar-refractivity contribution in [3.05, 3.63) is 0 Å². The Balaban J connectivity index is 1.93. The third-order valence-corrected chi connectivity index (χ3v) is 2.93. The summed E-state index contributed by atoms with van der Waals surface area (Å²) in [5, 5.41) is 3.25. The summed E-state index contributed by atoms with van der Waals surface area (Å²) in [7, 11) is 3.58. The number of hydrogen-bond donors (Lipinski definition) is 1. The summed E-state index contributed by atoms with van der Waals surface area (Å²) in [6.07, 6.45) is 0.458. The zero-order valence-electron chi connectivity index (χ0n) is 10.4. The fourth-order valence-electron chi connectivity index (χ4n) is 1.73. The normalized spacial score (nSPS) is 18.6. The molecule has 1 rings (SSSR count). The van der Waals surface area contributed by atoms with Gasteiger partial charge < -0.3 is 15.0 Å². The quantitative estimate of drug-likeness (QED) is 0.486. The molecule has 0 amide bonds.